The monoisotopic (exact) mass is 281 g/mol. The Kier molecular flexibility index (Phi) is 4.26. The van der Waals surface area contributed by atoms with Gasteiger partial charge in [0.1, 0.15) is 12.0 Å². The molecule has 0 aliphatic heterocycles. The Hall–Kier alpha value is -1.76. The number of rotatable bonds is 6. The van der Waals surface area contributed by atoms with Crippen LogP contribution in [0.3, 0.4) is 0 Å². The van der Waals surface area contributed by atoms with Gasteiger partial charge in [-0.2, -0.15) is 0 Å². The fourth-order valence-corrected chi connectivity index (χ4v) is 2.42. The van der Waals surface area contributed by atoms with Gasteiger partial charge in [0.05, 0.1) is 12.3 Å². The summed E-state index contributed by atoms with van der Waals surface area (Å²) >= 11 is 1.21. The molecule has 0 amide bonds. The van der Waals surface area contributed by atoms with E-state index in [-0.39, 0.29) is 5.75 Å². The predicted molar refractivity (Wildman–Crippen MR) is 70.3 cm³/mol. The minimum Gasteiger partial charge on any atom is -0.481 e. The van der Waals surface area contributed by atoms with Crippen molar-refractivity contribution in [1.82, 2.24) is 14.7 Å². The lowest BCUT2D eigenvalue weighted by Gasteiger charge is -2.11. The molecule has 2 aromatic rings. The van der Waals surface area contributed by atoms with E-state index < -0.39 is 5.97 Å². The van der Waals surface area contributed by atoms with Crippen molar-refractivity contribution in [3.63, 3.8) is 0 Å². The van der Waals surface area contributed by atoms with E-state index in [9.17, 15) is 4.79 Å². The van der Waals surface area contributed by atoms with Crippen LogP contribution in [-0.2, 0) is 11.3 Å². The fraction of sp³-hybridized carbons (Fsp3) is 0.417. The lowest BCUT2D eigenvalue weighted by molar-refractivity contribution is -0.133. The lowest BCUT2D eigenvalue weighted by atomic mass is 10.1. The van der Waals surface area contributed by atoms with E-state index in [4.69, 9.17) is 9.63 Å². The Morgan fingerprint density at radius 3 is 2.95 bits per heavy atom. The van der Waals surface area contributed by atoms with Crippen LogP contribution in [0.15, 0.2) is 28.2 Å². The van der Waals surface area contributed by atoms with Crippen LogP contribution in [0.5, 0.6) is 0 Å². The van der Waals surface area contributed by atoms with Crippen LogP contribution in [0.1, 0.15) is 31.2 Å². The average molecular weight is 281 g/mol. The SMILES string of the molecule is CC(C)c1cnc(SCC(=O)O)n1Cc1ccon1. The molecule has 0 unspecified atom stereocenters. The molecule has 0 saturated carbocycles. The number of carboxylic acids is 1. The number of thioether (sulfide) groups is 1. The van der Waals surface area contributed by atoms with Gasteiger partial charge in [-0.25, -0.2) is 4.98 Å². The van der Waals surface area contributed by atoms with Gasteiger partial charge in [-0.05, 0) is 5.92 Å². The second-order valence-electron chi connectivity index (χ2n) is 4.38. The molecule has 19 heavy (non-hydrogen) atoms. The molecule has 102 valence electrons. The van der Waals surface area contributed by atoms with Gasteiger partial charge in [0.15, 0.2) is 5.16 Å². The van der Waals surface area contributed by atoms with Crippen molar-refractivity contribution in [2.75, 3.05) is 5.75 Å². The quantitative estimate of drug-likeness (QED) is 0.818. The molecule has 0 radical (unpaired) electrons. The van der Waals surface area contributed by atoms with Crippen LogP contribution in [0.2, 0.25) is 0 Å². The first-order valence-electron chi connectivity index (χ1n) is 5.87. The number of carboxylic acid groups (broad SMARTS) is 1. The highest BCUT2D eigenvalue weighted by molar-refractivity contribution is 7.99. The fourth-order valence-electron chi connectivity index (χ4n) is 1.71. The molecule has 0 fully saturated rings. The van der Waals surface area contributed by atoms with Crippen LogP contribution in [0.4, 0.5) is 0 Å². The van der Waals surface area contributed by atoms with E-state index in [2.05, 4.69) is 24.0 Å². The molecular weight excluding hydrogens is 266 g/mol. The van der Waals surface area contributed by atoms with E-state index in [1.165, 1.54) is 18.0 Å². The van der Waals surface area contributed by atoms with Crippen molar-refractivity contribution in [2.45, 2.75) is 31.5 Å². The van der Waals surface area contributed by atoms with Gasteiger partial charge >= 0.3 is 5.97 Å². The summed E-state index contributed by atoms with van der Waals surface area (Å²) in [5, 5.41) is 13.3. The number of hydrogen-bond donors (Lipinski definition) is 1. The third kappa shape index (κ3) is 3.37. The standard InChI is InChI=1S/C12H15N3O3S/c1-8(2)10-5-13-12(19-7-11(16)17)15(10)6-9-3-4-18-14-9/h3-5,8H,6-7H2,1-2H3,(H,16,17). The molecular formula is C12H15N3O3S. The summed E-state index contributed by atoms with van der Waals surface area (Å²) in [5.41, 5.74) is 1.84. The van der Waals surface area contributed by atoms with Gasteiger partial charge in [-0.3, -0.25) is 4.79 Å². The molecule has 0 saturated heterocycles. The largest absolute Gasteiger partial charge is 0.481 e. The van der Waals surface area contributed by atoms with Crippen molar-refractivity contribution in [2.24, 2.45) is 0 Å². The minimum absolute atomic E-state index is 0.00658. The third-order valence-electron chi connectivity index (χ3n) is 2.58. The van der Waals surface area contributed by atoms with Gasteiger partial charge in [0.25, 0.3) is 0 Å². The van der Waals surface area contributed by atoms with Crippen LogP contribution < -0.4 is 0 Å². The highest BCUT2D eigenvalue weighted by atomic mass is 32.2. The second-order valence-corrected chi connectivity index (χ2v) is 5.32. The number of aromatic nitrogens is 3. The summed E-state index contributed by atoms with van der Waals surface area (Å²) in [6.45, 7) is 4.68. The summed E-state index contributed by atoms with van der Waals surface area (Å²) in [6.07, 6.45) is 3.31. The number of aliphatic carboxylic acids is 1. The third-order valence-corrected chi connectivity index (χ3v) is 3.55. The number of nitrogens with zero attached hydrogens (tertiary/aromatic N) is 3. The van der Waals surface area contributed by atoms with Crippen molar-refractivity contribution in [3.8, 4) is 0 Å². The summed E-state index contributed by atoms with van der Waals surface area (Å²) in [5.74, 6) is -0.557. The van der Waals surface area contributed by atoms with E-state index in [0.717, 1.165) is 11.4 Å². The molecule has 2 rings (SSSR count). The molecule has 0 atom stereocenters. The van der Waals surface area contributed by atoms with Crippen LogP contribution in [-0.4, -0.2) is 31.5 Å². The van der Waals surface area contributed by atoms with Gasteiger partial charge in [0.2, 0.25) is 0 Å². The smallest absolute Gasteiger partial charge is 0.313 e. The van der Waals surface area contributed by atoms with Crippen molar-refractivity contribution in [1.29, 1.82) is 0 Å². The molecule has 0 aromatic carbocycles. The highest BCUT2D eigenvalue weighted by Gasteiger charge is 2.15. The van der Waals surface area contributed by atoms with E-state index in [1.807, 2.05) is 4.57 Å². The maximum atomic E-state index is 10.7. The van der Waals surface area contributed by atoms with Gasteiger partial charge < -0.3 is 14.2 Å². The topological polar surface area (TPSA) is 81.1 Å². The lowest BCUT2D eigenvalue weighted by Crippen LogP contribution is -2.08. The first-order chi connectivity index (χ1) is 9.08. The predicted octanol–water partition coefficient (Wildman–Crippen LogP) is 2.22. The zero-order valence-corrected chi connectivity index (χ0v) is 11.6. The second kappa shape index (κ2) is 5.92. The highest BCUT2D eigenvalue weighted by Crippen LogP contribution is 2.24. The molecule has 7 heteroatoms. The average Bonchev–Trinajstić information content (AvgIpc) is 2.96. The van der Waals surface area contributed by atoms with Crippen molar-refractivity contribution < 1.29 is 14.4 Å². The summed E-state index contributed by atoms with van der Waals surface area (Å²) in [6, 6.07) is 1.79. The van der Waals surface area contributed by atoms with Gasteiger partial charge in [-0.15, -0.1) is 0 Å². The molecule has 2 aromatic heterocycles. The Morgan fingerprint density at radius 1 is 1.58 bits per heavy atom. The Labute approximate surface area is 114 Å². The van der Waals surface area contributed by atoms with Gasteiger partial charge in [0, 0.05) is 18.0 Å². The van der Waals surface area contributed by atoms with Crippen LogP contribution in [0, 0.1) is 0 Å². The molecule has 0 spiro atoms. The minimum atomic E-state index is -0.855. The summed E-state index contributed by atoms with van der Waals surface area (Å²) in [4.78, 5) is 15.0. The molecule has 6 nitrogen and oxygen atoms in total. The summed E-state index contributed by atoms with van der Waals surface area (Å²) < 4.78 is 6.80. The number of hydrogen-bond acceptors (Lipinski definition) is 5. The molecule has 0 aliphatic carbocycles. The first kappa shape index (κ1) is 13.7. The number of carbonyl (C=O) groups is 1. The van der Waals surface area contributed by atoms with E-state index in [0.29, 0.717) is 17.6 Å². The van der Waals surface area contributed by atoms with Gasteiger partial charge in [-0.1, -0.05) is 30.8 Å². The number of imidazole rings is 1. The molecule has 0 aliphatic rings. The maximum absolute atomic E-state index is 10.7. The van der Waals surface area contributed by atoms with E-state index >= 15 is 0 Å². The Bertz CT molecular complexity index is 549. The Morgan fingerprint density at radius 2 is 2.37 bits per heavy atom. The molecule has 0 bridgehead atoms. The summed E-state index contributed by atoms with van der Waals surface area (Å²) in [7, 11) is 0. The van der Waals surface area contributed by atoms with Crippen molar-refractivity contribution in [3.05, 3.63) is 29.9 Å². The molecule has 1 N–H and O–H groups in total. The normalized spacial score (nSPS) is 11.1. The first-order valence-corrected chi connectivity index (χ1v) is 6.85. The zero-order valence-electron chi connectivity index (χ0n) is 10.7. The van der Waals surface area contributed by atoms with Crippen LogP contribution in [0.25, 0.3) is 0 Å². The Balaban J connectivity index is 2.25. The maximum Gasteiger partial charge on any atom is 0.313 e. The molecule has 2 heterocycles. The van der Waals surface area contributed by atoms with Crippen molar-refractivity contribution >= 4 is 17.7 Å². The van der Waals surface area contributed by atoms with Crippen LogP contribution >= 0.6 is 11.8 Å². The van der Waals surface area contributed by atoms with E-state index in [1.54, 1.807) is 12.3 Å². The zero-order chi connectivity index (χ0) is 13.8.